The molecule has 3 aliphatic rings. The van der Waals surface area contributed by atoms with Crippen LogP contribution in [0.1, 0.15) is 42.5 Å². The highest BCUT2D eigenvalue weighted by Gasteiger charge is 2.34. The number of nitriles is 1. The lowest BCUT2D eigenvalue weighted by molar-refractivity contribution is -0.128. The van der Waals surface area contributed by atoms with Gasteiger partial charge in [0.2, 0.25) is 5.91 Å². The van der Waals surface area contributed by atoms with Crippen molar-refractivity contribution in [1.82, 2.24) is 19.8 Å². The molecule has 46 heavy (non-hydrogen) atoms. The highest BCUT2D eigenvalue weighted by molar-refractivity contribution is 5.97. The third-order valence-electron chi connectivity index (χ3n) is 9.84. The fourth-order valence-corrected chi connectivity index (χ4v) is 7.17. The number of nitrogens with zero attached hydrogens (tertiary/aromatic N) is 7. The van der Waals surface area contributed by atoms with Crippen LogP contribution in [0, 0.1) is 18.3 Å². The Morgan fingerprint density at radius 1 is 1.17 bits per heavy atom. The second-order valence-corrected chi connectivity index (χ2v) is 12.8. The summed E-state index contributed by atoms with van der Waals surface area (Å²) in [5.74, 6) is 0.693. The Morgan fingerprint density at radius 3 is 2.70 bits per heavy atom. The number of anilines is 2. The SMILES string of the molecule is C=CC(=O)N1CCN(c2nc(O[C@H](COC)CN(C)C3CCC3)nc3c2CCN(c2cccc4cccc(C)c24)C3)C[C@@H]1CC#N. The Kier molecular flexibility index (Phi) is 9.71. The first-order valence-electron chi connectivity index (χ1n) is 16.4. The van der Waals surface area contributed by atoms with Crippen LogP contribution in [-0.2, 0) is 22.5 Å². The van der Waals surface area contributed by atoms with Gasteiger partial charge in [0.1, 0.15) is 11.9 Å². The van der Waals surface area contributed by atoms with E-state index < -0.39 is 0 Å². The Bertz CT molecular complexity index is 1610. The molecule has 242 valence electrons. The number of aryl methyl sites for hydroxylation is 1. The summed E-state index contributed by atoms with van der Waals surface area (Å²) < 4.78 is 12.1. The molecule has 1 aliphatic carbocycles. The van der Waals surface area contributed by atoms with E-state index >= 15 is 0 Å². The molecule has 3 heterocycles. The van der Waals surface area contributed by atoms with E-state index in [0.29, 0.717) is 44.8 Å². The number of amides is 1. The monoisotopic (exact) mass is 623 g/mol. The van der Waals surface area contributed by atoms with Crippen LogP contribution in [0.15, 0.2) is 49.1 Å². The molecule has 6 rings (SSSR count). The maximum Gasteiger partial charge on any atom is 0.319 e. The minimum absolute atomic E-state index is 0.146. The Balaban J connectivity index is 1.35. The van der Waals surface area contributed by atoms with Crippen LogP contribution in [0.25, 0.3) is 10.8 Å². The number of carbonyl (C=O) groups excluding carboxylic acids is 1. The van der Waals surface area contributed by atoms with E-state index in [1.807, 2.05) is 0 Å². The zero-order valence-corrected chi connectivity index (χ0v) is 27.3. The fourth-order valence-electron chi connectivity index (χ4n) is 7.17. The first-order valence-corrected chi connectivity index (χ1v) is 16.4. The number of benzene rings is 2. The zero-order chi connectivity index (χ0) is 32.2. The molecule has 0 spiro atoms. The molecule has 1 saturated heterocycles. The van der Waals surface area contributed by atoms with Crippen LogP contribution < -0.4 is 14.5 Å². The van der Waals surface area contributed by atoms with E-state index in [9.17, 15) is 10.1 Å². The molecule has 10 nitrogen and oxygen atoms in total. The number of likely N-dealkylation sites (N-methyl/N-ethyl adjacent to an activating group) is 1. The molecule has 0 N–H and O–H groups in total. The number of piperazine rings is 1. The molecule has 0 radical (unpaired) electrons. The van der Waals surface area contributed by atoms with Crippen LogP contribution in [0.4, 0.5) is 11.5 Å². The maximum absolute atomic E-state index is 12.6. The molecule has 2 fully saturated rings. The molecule has 3 aromatic rings. The Labute approximate surface area is 272 Å². The number of aromatic nitrogens is 2. The van der Waals surface area contributed by atoms with Gasteiger partial charge in [0, 0.05) is 62.5 Å². The summed E-state index contributed by atoms with van der Waals surface area (Å²) in [5.41, 5.74) is 4.50. The van der Waals surface area contributed by atoms with E-state index in [-0.39, 0.29) is 24.5 Å². The van der Waals surface area contributed by atoms with E-state index in [0.717, 1.165) is 36.6 Å². The van der Waals surface area contributed by atoms with Crippen molar-refractivity contribution < 1.29 is 14.3 Å². The van der Waals surface area contributed by atoms with Crippen LogP contribution in [-0.4, -0.2) is 97.4 Å². The van der Waals surface area contributed by atoms with Gasteiger partial charge in [-0.25, -0.2) is 0 Å². The molecule has 1 amide bonds. The lowest BCUT2D eigenvalue weighted by Crippen LogP contribution is -2.55. The summed E-state index contributed by atoms with van der Waals surface area (Å²) >= 11 is 0. The van der Waals surface area contributed by atoms with Crippen molar-refractivity contribution in [1.29, 1.82) is 5.26 Å². The maximum atomic E-state index is 12.6. The summed E-state index contributed by atoms with van der Waals surface area (Å²) in [7, 11) is 3.85. The molecule has 0 bridgehead atoms. The first-order chi connectivity index (χ1) is 22.4. The quantitative estimate of drug-likeness (QED) is 0.286. The van der Waals surface area contributed by atoms with Gasteiger partial charge in [0.25, 0.3) is 0 Å². The first kappa shape index (κ1) is 31.8. The third kappa shape index (κ3) is 6.53. The molecule has 10 heteroatoms. The summed E-state index contributed by atoms with van der Waals surface area (Å²) in [4.78, 5) is 31.5. The van der Waals surface area contributed by atoms with Crippen molar-refractivity contribution in [2.45, 2.75) is 63.8 Å². The van der Waals surface area contributed by atoms with Gasteiger partial charge in [-0.1, -0.05) is 43.3 Å². The number of carbonyl (C=O) groups is 1. The Morgan fingerprint density at radius 2 is 1.98 bits per heavy atom. The van der Waals surface area contributed by atoms with Crippen molar-refractivity contribution in [2.75, 3.05) is 63.3 Å². The van der Waals surface area contributed by atoms with Gasteiger partial charge in [0.15, 0.2) is 0 Å². The second kappa shape index (κ2) is 14.1. The van der Waals surface area contributed by atoms with Gasteiger partial charge < -0.3 is 24.2 Å². The second-order valence-electron chi connectivity index (χ2n) is 12.8. The topological polar surface area (TPSA) is 98.1 Å². The molecular formula is C36H45N7O3. The lowest BCUT2D eigenvalue weighted by Gasteiger charge is -2.42. The van der Waals surface area contributed by atoms with Crippen LogP contribution in [0.5, 0.6) is 6.01 Å². The number of hydrogen-bond acceptors (Lipinski definition) is 9. The van der Waals surface area contributed by atoms with Gasteiger partial charge in [-0.3, -0.25) is 9.69 Å². The summed E-state index contributed by atoms with van der Waals surface area (Å²) in [5, 5.41) is 12.1. The van der Waals surface area contributed by atoms with Crippen molar-refractivity contribution in [2.24, 2.45) is 0 Å². The van der Waals surface area contributed by atoms with Gasteiger partial charge in [-0.05, 0) is 56.3 Å². The number of hydrogen-bond donors (Lipinski definition) is 0. The standard InChI is InChI=1S/C36H45N7O3/c1-5-33(44)43-20-19-42(21-28(43)15-17-37)35-30-16-18-41(32-14-7-11-26-10-6-9-25(2)34(26)32)23-31(30)38-36(39-35)46-29(24-45-4)22-40(3)27-12-8-13-27/h5-7,9-11,14,27-29H,1,8,12-13,15-16,18-24H2,2-4H3/t28-,29-/m0/s1. The van der Waals surface area contributed by atoms with Crippen LogP contribution >= 0.6 is 0 Å². The van der Waals surface area contributed by atoms with Crippen LogP contribution in [0.2, 0.25) is 0 Å². The van der Waals surface area contributed by atoms with E-state index in [4.69, 9.17) is 19.4 Å². The van der Waals surface area contributed by atoms with Gasteiger partial charge in [-0.2, -0.15) is 15.2 Å². The minimum atomic E-state index is -0.254. The molecule has 0 unspecified atom stereocenters. The number of ether oxygens (including phenoxy) is 2. The molecule has 1 aromatic heterocycles. The molecule has 2 aliphatic heterocycles. The average molecular weight is 624 g/mol. The minimum Gasteiger partial charge on any atom is -0.456 e. The summed E-state index contributed by atoms with van der Waals surface area (Å²) in [6, 6.07) is 15.9. The number of fused-ring (bicyclic) bond motifs is 2. The zero-order valence-electron chi connectivity index (χ0n) is 27.3. The van der Waals surface area contributed by atoms with Gasteiger partial charge in [0.05, 0.1) is 37.4 Å². The predicted octanol–water partition coefficient (Wildman–Crippen LogP) is 4.50. The average Bonchev–Trinajstić information content (AvgIpc) is 3.03. The fraction of sp³-hybridized carbons (Fsp3) is 0.500. The third-order valence-corrected chi connectivity index (χ3v) is 9.84. The highest BCUT2D eigenvalue weighted by Crippen LogP contribution is 2.36. The van der Waals surface area contributed by atoms with Crippen molar-refractivity contribution in [3.8, 4) is 12.1 Å². The molecule has 2 atom stereocenters. The number of methoxy groups -OCH3 is 1. The summed E-state index contributed by atoms with van der Waals surface area (Å²) in [6.07, 6.45) is 5.81. The predicted molar refractivity (Wildman–Crippen MR) is 180 cm³/mol. The van der Waals surface area contributed by atoms with E-state index in [2.05, 4.69) is 77.7 Å². The van der Waals surface area contributed by atoms with Gasteiger partial charge >= 0.3 is 6.01 Å². The molecule has 2 aromatic carbocycles. The molecular weight excluding hydrogens is 578 g/mol. The van der Waals surface area contributed by atoms with E-state index in [1.54, 1.807) is 12.0 Å². The molecule has 1 saturated carbocycles. The lowest BCUT2D eigenvalue weighted by atomic mass is 9.92. The largest absolute Gasteiger partial charge is 0.456 e. The van der Waals surface area contributed by atoms with Crippen molar-refractivity contribution in [3.63, 3.8) is 0 Å². The van der Waals surface area contributed by atoms with E-state index in [1.165, 1.54) is 47.4 Å². The highest BCUT2D eigenvalue weighted by atomic mass is 16.5. The Hall–Kier alpha value is -4.20. The normalized spacial score (nSPS) is 19.0. The van der Waals surface area contributed by atoms with Crippen molar-refractivity contribution in [3.05, 3.63) is 65.9 Å². The summed E-state index contributed by atoms with van der Waals surface area (Å²) in [6.45, 7) is 10.0. The van der Waals surface area contributed by atoms with Crippen LogP contribution in [0.3, 0.4) is 0 Å². The van der Waals surface area contributed by atoms with Crippen molar-refractivity contribution >= 4 is 28.2 Å². The smallest absolute Gasteiger partial charge is 0.319 e. The van der Waals surface area contributed by atoms with Gasteiger partial charge in [-0.15, -0.1) is 0 Å². The number of rotatable bonds is 11.